The van der Waals surface area contributed by atoms with Crippen molar-refractivity contribution in [3.63, 3.8) is 0 Å². The quantitative estimate of drug-likeness (QED) is 0.124. The summed E-state index contributed by atoms with van der Waals surface area (Å²) in [5.74, 6) is 2.52. The standard InChI is InChI=1S/C26H25N2.C15H24O2.CH4.Ir/c1-17-10-12-19(13-11-17)21-14-15-24-25(16-21)28-26(18(2)27-24)23-9-5-7-20-6-3-4-8-22(20)23;16-14(12-7-3-1-4-8-12)11-15(17)13-9-5-2-6-10-13;;/h3-8,14-17,19H,10-13H2,1-2H3;11-13,16H,1-10H2;1H4;/q-1;;;. The summed E-state index contributed by atoms with van der Waals surface area (Å²) < 4.78 is 0. The third kappa shape index (κ3) is 9.18. The average Bonchev–Trinajstić information content (AvgIpc) is 3.09. The number of rotatable bonds is 5. The van der Waals surface area contributed by atoms with Crippen molar-refractivity contribution in [3.05, 3.63) is 83.8 Å². The molecule has 1 radical (unpaired) electrons. The van der Waals surface area contributed by atoms with Crippen LogP contribution in [0.15, 0.2) is 66.4 Å². The first-order chi connectivity index (χ1) is 22.0. The molecule has 3 aliphatic carbocycles. The summed E-state index contributed by atoms with van der Waals surface area (Å²) in [6, 6.07) is 22.6. The van der Waals surface area contributed by atoms with E-state index in [1.54, 1.807) is 6.08 Å². The molecule has 3 fully saturated rings. The number of hydrogen-bond donors (Lipinski definition) is 1. The monoisotopic (exact) mass is 810 g/mol. The maximum absolute atomic E-state index is 12.0. The van der Waals surface area contributed by atoms with Gasteiger partial charge in [-0.25, -0.2) is 0 Å². The Hall–Kier alpha value is -2.88. The second kappa shape index (κ2) is 17.5. The fourth-order valence-corrected chi connectivity index (χ4v) is 7.77. The first-order valence-electron chi connectivity index (χ1n) is 17.6. The number of carbonyl (C=O) groups excluding carboxylic acids is 1. The zero-order valence-corrected chi connectivity index (χ0v) is 30.0. The molecule has 5 heteroatoms. The zero-order chi connectivity index (χ0) is 31.2. The Morgan fingerprint density at radius 3 is 2.17 bits per heavy atom. The number of aromatic nitrogens is 2. The summed E-state index contributed by atoms with van der Waals surface area (Å²) in [4.78, 5) is 22.0. The number of hydrogen-bond acceptors (Lipinski definition) is 4. The molecule has 1 N–H and O–H groups in total. The summed E-state index contributed by atoms with van der Waals surface area (Å²) in [5.41, 5.74) is 6.35. The third-order valence-corrected chi connectivity index (χ3v) is 10.6. The normalized spacial score (nSPS) is 20.9. The molecule has 0 atom stereocenters. The van der Waals surface area contributed by atoms with E-state index >= 15 is 0 Å². The molecule has 4 nitrogen and oxygen atoms in total. The van der Waals surface area contributed by atoms with Gasteiger partial charge < -0.3 is 5.11 Å². The Morgan fingerprint density at radius 2 is 1.47 bits per heavy atom. The van der Waals surface area contributed by atoms with E-state index in [0.717, 1.165) is 59.6 Å². The van der Waals surface area contributed by atoms with Gasteiger partial charge in [-0.1, -0.05) is 101 Å². The predicted octanol–water partition coefficient (Wildman–Crippen LogP) is 11.6. The maximum atomic E-state index is 12.0. The number of ketones is 1. The summed E-state index contributed by atoms with van der Waals surface area (Å²) in [6.07, 6.45) is 18.2. The van der Waals surface area contributed by atoms with Crippen LogP contribution >= 0.6 is 0 Å². The van der Waals surface area contributed by atoms with Crippen molar-refractivity contribution in [2.24, 2.45) is 17.8 Å². The van der Waals surface area contributed by atoms with Crippen LogP contribution in [0.3, 0.4) is 0 Å². The Labute approximate surface area is 296 Å². The van der Waals surface area contributed by atoms with Gasteiger partial charge in [-0.2, -0.15) is 0 Å². The van der Waals surface area contributed by atoms with Gasteiger partial charge in [0, 0.05) is 49.4 Å². The van der Waals surface area contributed by atoms with Gasteiger partial charge in [0.25, 0.3) is 0 Å². The van der Waals surface area contributed by atoms with E-state index in [1.165, 1.54) is 80.5 Å². The maximum Gasteiger partial charge on any atom is 0.162 e. The van der Waals surface area contributed by atoms with E-state index in [9.17, 15) is 9.90 Å². The minimum atomic E-state index is 0. The molecule has 3 aliphatic rings. The number of carbonyl (C=O) groups is 1. The fraction of sp³-hybridized carbons (Fsp3) is 0.500. The van der Waals surface area contributed by atoms with Crippen LogP contribution in [0.1, 0.15) is 121 Å². The number of nitrogens with zero attached hydrogens (tertiary/aromatic N) is 2. The van der Waals surface area contributed by atoms with Gasteiger partial charge in [0.2, 0.25) is 0 Å². The van der Waals surface area contributed by atoms with Crippen molar-refractivity contribution in [1.82, 2.24) is 9.97 Å². The molecule has 3 aromatic carbocycles. The second-order valence-corrected chi connectivity index (χ2v) is 13.9. The Kier molecular flexibility index (Phi) is 13.8. The third-order valence-electron chi connectivity index (χ3n) is 10.6. The van der Waals surface area contributed by atoms with Crippen molar-refractivity contribution in [2.45, 2.75) is 117 Å². The largest absolute Gasteiger partial charge is 0.512 e. The van der Waals surface area contributed by atoms with E-state index in [0.29, 0.717) is 11.7 Å². The summed E-state index contributed by atoms with van der Waals surface area (Å²) >= 11 is 0. The first kappa shape index (κ1) is 36.9. The molecular weight excluding hydrogens is 757 g/mol. The Balaban J connectivity index is 0.000000228. The van der Waals surface area contributed by atoms with Crippen LogP contribution in [0.4, 0.5) is 0 Å². The zero-order valence-electron chi connectivity index (χ0n) is 27.6. The number of fused-ring (bicyclic) bond motifs is 2. The Morgan fingerprint density at radius 1 is 0.809 bits per heavy atom. The van der Waals surface area contributed by atoms with Crippen molar-refractivity contribution in [1.29, 1.82) is 0 Å². The van der Waals surface area contributed by atoms with Crippen molar-refractivity contribution in [2.75, 3.05) is 0 Å². The molecule has 0 unspecified atom stereocenters. The summed E-state index contributed by atoms with van der Waals surface area (Å²) in [6.45, 7) is 4.42. The minimum absolute atomic E-state index is 0. The SMILES string of the molecule is C.Cc1nc2ccc(C3CCC(C)CC3)cc2nc1-c1[c-]ccc2ccccc12.O=C(C=C(O)C1CCCCC1)C1CCCCC1.[Ir]. The number of aliphatic hydroxyl groups is 1. The molecule has 0 bridgehead atoms. The fourth-order valence-electron chi connectivity index (χ4n) is 7.77. The van der Waals surface area contributed by atoms with Crippen LogP contribution < -0.4 is 0 Å². The smallest absolute Gasteiger partial charge is 0.162 e. The number of benzene rings is 3. The summed E-state index contributed by atoms with van der Waals surface area (Å²) in [7, 11) is 0. The molecular formula is C42H53IrN2O2-. The predicted molar refractivity (Wildman–Crippen MR) is 192 cm³/mol. The molecule has 0 aliphatic heterocycles. The van der Waals surface area contributed by atoms with E-state index < -0.39 is 0 Å². The molecule has 1 aromatic heterocycles. The van der Waals surface area contributed by atoms with Gasteiger partial charge in [-0.05, 0) is 75.0 Å². The van der Waals surface area contributed by atoms with Crippen LogP contribution in [0.2, 0.25) is 0 Å². The van der Waals surface area contributed by atoms with Crippen LogP contribution in [0.25, 0.3) is 33.1 Å². The van der Waals surface area contributed by atoms with E-state index in [4.69, 9.17) is 9.97 Å². The van der Waals surface area contributed by atoms with Crippen LogP contribution in [-0.4, -0.2) is 20.9 Å². The Bertz CT molecular complexity index is 1640. The molecule has 3 saturated carbocycles. The minimum Gasteiger partial charge on any atom is -0.512 e. The van der Waals surface area contributed by atoms with Crippen LogP contribution in [-0.2, 0) is 24.9 Å². The van der Waals surface area contributed by atoms with E-state index in [2.05, 4.69) is 61.5 Å². The topological polar surface area (TPSA) is 63.1 Å². The van der Waals surface area contributed by atoms with E-state index in [-0.39, 0.29) is 45.2 Å². The summed E-state index contributed by atoms with van der Waals surface area (Å²) in [5, 5.41) is 12.4. The average molecular weight is 810 g/mol. The molecule has 4 aromatic rings. The van der Waals surface area contributed by atoms with Gasteiger partial charge in [0.15, 0.2) is 5.78 Å². The molecule has 0 saturated heterocycles. The van der Waals surface area contributed by atoms with Gasteiger partial charge in [-0.15, -0.1) is 29.1 Å². The van der Waals surface area contributed by atoms with Crippen LogP contribution in [0.5, 0.6) is 0 Å². The van der Waals surface area contributed by atoms with Crippen LogP contribution in [0, 0.1) is 30.7 Å². The van der Waals surface area contributed by atoms with Gasteiger partial charge >= 0.3 is 0 Å². The molecule has 7 rings (SSSR count). The second-order valence-electron chi connectivity index (χ2n) is 13.9. The molecule has 0 spiro atoms. The van der Waals surface area contributed by atoms with Gasteiger partial charge in [0.05, 0.1) is 16.8 Å². The van der Waals surface area contributed by atoms with Crippen molar-refractivity contribution >= 4 is 27.6 Å². The molecule has 253 valence electrons. The van der Waals surface area contributed by atoms with Gasteiger partial charge in [-0.3, -0.25) is 14.8 Å². The molecule has 47 heavy (non-hydrogen) atoms. The first-order valence-corrected chi connectivity index (χ1v) is 17.6. The molecule has 1 heterocycles. The number of allylic oxidation sites excluding steroid dienone is 2. The number of aryl methyl sites for hydroxylation is 1. The molecule has 0 amide bonds. The van der Waals surface area contributed by atoms with Crippen molar-refractivity contribution < 1.29 is 30.0 Å². The van der Waals surface area contributed by atoms with Gasteiger partial charge in [0.1, 0.15) is 0 Å². The van der Waals surface area contributed by atoms with E-state index in [1.807, 2.05) is 13.0 Å². The van der Waals surface area contributed by atoms with Crippen molar-refractivity contribution in [3.8, 4) is 11.3 Å². The number of aliphatic hydroxyl groups excluding tert-OH is 1.